The smallest absolute Gasteiger partial charge is 0.310 e. The van der Waals surface area contributed by atoms with Crippen molar-refractivity contribution in [3.05, 3.63) is 48.6 Å². The number of carbonyl (C=O) groups is 1. The predicted octanol–water partition coefficient (Wildman–Crippen LogP) is 0.749. The molecule has 0 aliphatic carbocycles. The van der Waals surface area contributed by atoms with Gasteiger partial charge in [0.25, 0.3) is 5.56 Å². The molecule has 2 aromatic heterocycles. The molecule has 110 valence electrons. The van der Waals surface area contributed by atoms with E-state index in [1.54, 1.807) is 18.7 Å². The third kappa shape index (κ3) is 2.84. The monoisotopic (exact) mass is 307 g/mol. The van der Waals surface area contributed by atoms with E-state index in [4.69, 9.17) is 0 Å². The molecule has 0 atom stereocenters. The number of nitrogens with one attached hydrogen (secondary N) is 1. The molecular weight excluding hydrogens is 294 g/mol. The quantitative estimate of drug-likeness (QED) is 0.643. The molecule has 0 bridgehead atoms. The number of nitrogens with zero attached hydrogens (tertiary/aromatic N) is 2. The zero-order valence-electron chi connectivity index (χ0n) is 11.6. The number of H-pyrrole nitrogens is 1. The summed E-state index contributed by atoms with van der Waals surface area (Å²) < 4.78 is 1.68. The third-order valence-corrected chi connectivity index (χ3v) is 3.74. The maximum Gasteiger partial charge on any atom is 0.310 e. The van der Waals surface area contributed by atoms with Gasteiger partial charge in [-0.05, 0) is 37.3 Å². The lowest BCUT2D eigenvalue weighted by atomic mass is 10.1. The Morgan fingerprint density at radius 3 is 2.57 bits per heavy atom. The number of allylic oxidation sites excluding steroid dienone is 1. The van der Waals surface area contributed by atoms with Crippen LogP contribution in [0.1, 0.15) is 27.3 Å². The van der Waals surface area contributed by atoms with E-state index < -0.39 is 26.8 Å². The molecule has 21 heavy (non-hydrogen) atoms. The molecule has 0 spiro atoms. The number of hydrogen-bond acceptors (Lipinski definition) is 6. The number of aryl methyl sites for hydroxylation is 2. The molecule has 0 unspecified atom stereocenters. The molecule has 0 fully saturated rings. The van der Waals surface area contributed by atoms with Gasteiger partial charge >= 0.3 is 4.87 Å². The Bertz CT molecular complexity index is 857. The molecule has 0 aliphatic heterocycles. The van der Waals surface area contributed by atoms with Gasteiger partial charge in [-0.25, -0.2) is 0 Å². The maximum atomic E-state index is 12.0. The summed E-state index contributed by atoms with van der Waals surface area (Å²) in [6, 6.07) is 0. The van der Waals surface area contributed by atoms with E-state index in [0.717, 1.165) is 17.0 Å². The Labute approximate surface area is 123 Å². The van der Waals surface area contributed by atoms with Gasteiger partial charge < -0.3 is 5.11 Å². The van der Waals surface area contributed by atoms with Crippen molar-refractivity contribution in [2.45, 2.75) is 13.8 Å². The van der Waals surface area contributed by atoms with Crippen molar-refractivity contribution < 1.29 is 9.90 Å². The zero-order chi connectivity index (χ0) is 15.7. The molecule has 0 aromatic carbocycles. The lowest BCUT2D eigenvalue weighted by molar-refractivity contribution is 0.104. The fraction of sp³-hybridized carbons (Fsp3) is 0.231. The standard InChI is InChI=1S/C13H13N3O4S/c1-6-8(7(2)16(3)15-6)4-5-9(17)10-11(18)14-13(20)21-12(10)19/h4-5,19H,1-3H3,(H,14,18,20)/b5-4+. The minimum absolute atomic E-state index is 0.407. The number of aromatic amines is 1. The predicted molar refractivity (Wildman–Crippen MR) is 78.9 cm³/mol. The largest absolute Gasteiger partial charge is 0.499 e. The van der Waals surface area contributed by atoms with Gasteiger partial charge in [0.15, 0.2) is 10.8 Å². The molecule has 0 saturated heterocycles. The number of hydrogen-bond donors (Lipinski definition) is 2. The first-order valence-electron chi connectivity index (χ1n) is 6.00. The summed E-state index contributed by atoms with van der Waals surface area (Å²) in [5.74, 6) is -0.673. The van der Waals surface area contributed by atoms with Crippen LogP contribution in [0.25, 0.3) is 6.08 Å². The third-order valence-electron chi connectivity index (χ3n) is 3.06. The number of aromatic nitrogens is 3. The number of aromatic hydroxyl groups is 1. The second-order valence-electron chi connectivity index (χ2n) is 4.43. The molecule has 2 heterocycles. The van der Waals surface area contributed by atoms with Crippen LogP contribution in [0.15, 0.2) is 15.7 Å². The van der Waals surface area contributed by atoms with Crippen LogP contribution < -0.4 is 10.4 Å². The van der Waals surface area contributed by atoms with Crippen molar-refractivity contribution in [3.63, 3.8) is 0 Å². The molecule has 2 N–H and O–H groups in total. The average Bonchev–Trinajstić information content (AvgIpc) is 2.60. The van der Waals surface area contributed by atoms with Crippen LogP contribution in [-0.4, -0.2) is 25.7 Å². The van der Waals surface area contributed by atoms with Crippen LogP contribution in [0.2, 0.25) is 0 Å². The summed E-state index contributed by atoms with van der Waals surface area (Å²) in [7, 11) is 1.78. The fourth-order valence-electron chi connectivity index (χ4n) is 1.91. The second-order valence-corrected chi connectivity index (χ2v) is 5.39. The lowest BCUT2D eigenvalue weighted by Gasteiger charge is -1.97. The Morgan fingerprint density at radius 1 is 1.38 bits per heavy atom. The zero-order valence-corrected chi connectivity index (χ0v) is 12.4. The number of rotatable bonds is 3. The van der Waals surface area contributed by atoms with Crippen LogP contribution in [-0.2, 0) is 7.05 Å². The van der Waals surface area contributed by atoms with Crippen LogP contribution in [0.5, 0.6) is 5.06 Å². The lowest BCUT2D eigenvalue weighted by Crippen LogP contribution is -2.22. The van der Waals surface area contributed by atoms with E-state index in [-0.39, 0.29) is 0 Å². The van der Waals surface area contributed by atoms with Crippen molar-refractivity contribution in [2.24, 2.45) is 7.05 Å². The van der Waals surface area contributed by atoms with Gasteiger partial charge in [-0.15, -0.1) is 0 Å². The fourth-order valence-corrected chi connectivity index (χ4v) is 2.52. The Hall–Kier alpha value is -2.48. The summed E-state index contributed by atoms with van der Waals surface area (Å²) in [5, 5.41) is 13.2. The molecule has 0 amide bonds. The summed E-state index contributed by atoms with van der Waals surface area (Å²) in [6.45, 7) is 3.65. The van der Waals surface area contributed by atoms with Crippen LogP contribution >= 0.6 is 11.3 Å². The van der Waals surface area contributed by atoms with Gasteiger partial charge in [0.2, 0.25) is 0 Å². The summed E-state index contributed by atoms with van der Waals surface area (Å²) in [4.78, 5) is 35.9. The first-order valence-corrected chi connectivity index (χ1v) is 6.82. The van der Waals surface area contributed by atoms with Gasteiger partial charge in [0.05, 0.1) is 5.69 Å². The molecule has 7 nitrogen and oxygen atoms in total. The van der Waals surface area contributed by atoms with Crippen LogP contribution in [0, 0.1) is 13.8 Å². The minimum Gasteiger partial charge on any atom is -0.499 e. The highest BCUT2D eigenvalue weighted by Gasteiger charge is 2.16. The molecule has 2 rings (SSSR count). The molecule has 0 aliphatic rings. The van der Waals surface area contributed by atoms with Gasteiger partial charge in [-0.1, -0.05) is 0 Å². The molecule has 0 saturated carbocycles. The van der Waals surface area contributed by atoms with Crippen molar-refractivity contribution >= 4 is 23.2 Å². The Kier molecular flexibility index (Phi) is 3.90. The highest BCUT2D eigenvalue weighted by molar-refractivity contribution is 7.11. The van der Waals surface area contributed by atoms with Gasteiger partial charge in [-0.2, -0.15) is 5.10 Å². The highest BCUT2D eigenvalue weighted by Crippen LogP contribution is 2.17. The maximum absolute atomic E-state index is 12.0. The number of carbonyl (C=O) groups excluding carboxylic acids is 1. The summed E-state index contributed by atoms with van der Waals surface area (Å²) in [5.41, 5.74) is 1.05. The first kappa shape index (κ1) is 14.9. The molecule has 2 aromatic rings. The van der Waals surface area contributed by atoms with Crippen molar-refractivity contribution in [1.82, 2.24) is 14.8 Å². The minimum atomic E-state index is -0.898. The van der Waals surface area contributed by atoms with Crippen molar-refractivity contribution in [3.8, 4) is 5.06 Å². The normalized spacial score (nSPS) is 11.2. The molecule has 8 heteroatoms. The van der Waals surface area contributed by atoms with E-state index in [2.05, 4.69) is 5.10 Å². The van der Waals surface area contributed by atoms with E-state index >= 15 is 0 Å². The number of ketones is 1. The Morgan fingerprint density at radius 2 is 2.05 bits per heavy atom. The van der Waals surface area contributed by atoms with Crippen molar-refractivity contribution in [2.75, 3.05) is 0 Å². The van der Waals surface area contributed by atoms with E-state index in [9.17, 15) is 19.5 Å². The Balaban J connectivity index is 2.41. The second kappa shape index (κ2) is 5.49. The summed E-state index contributed by atoms with van der Waals surface area (Å²) in [6.07, 6.45) is 2.72. The van der Waals surface area contributed by atoms with Gasteiger partial charge in [-0.3, -0.25) is 24.0 Å². The average molecular weight is 307 g/mol. The van der Waals surface area contributed by atoms with Crippen molar-refractivity contribution in [1.29, 1.82) is 0 Å². The first-order chi connectivity index (χ1) is 9.81. The SMILES string of the molecule is Cc1nn(C)c(C)c1/C=C/C(=O)c1c(O)sc(=O)[nH]c1=O. The van der Waals surface area contributed by atoms with Crippen LogP contribution in [0.4, 0.5) is 0 Å². The van der Waals surface area contributed by atoms with Gasteiger partial charge in [0, 0.05) is 18.3 Å². The molecular formula is C13H13N3O4S. The summed E-state index contributed by atoms with van der Waals surface area (Å²) >= 11 is 0.407. The van der Waals surface area contributed by atoms with Crippen LogP contribution in [0.3, 0.4) is 0 Å². The van der Waals surface area contributed by atoms with Gasteiger partial charge in [0.1, 0.15) is 5.56 Å². The van der Waals surface area contributed by atoms with E-state index in [1.807, 2.05) is 11.9 Å². The highest BCUT2D eigenvalue weighted by atomic mass is 32.1. The van der Waals surface area contributed by atoms with E-state index in [0.29, 0.717) is 11.3 Å². The van der Waals surface area contributed by atoms with E-state index in [1.165, 1.54) is 12.2 Å². The molecule has 0 radical (unpaired) electrons. The topological polar surface area (TPSA) is 105 Å².